The Morgan fingerprint density at radius 1 is 1.26 bits per heavy atom. The summed E-state index contributed by atoms with van der Waals surface area (Å²) in [5.74, 6) is -0.299. The summed E-state index contributed by atoms with van der Waals surface area (Å²) in [6, 6.07) is 10.9. The highest BCUT2D eigenvalue weighted by Crippen LogP contribution is 2.20. The van der Waals surface area contributed by atoms with Crippen LogP contribution in [0.2, 0.25) is 0 Å². The number of benzene rings is 1. The highest BCUT2D eigenvalue weighted by atomic mass is 79.9. The SMILES string of the molecule is O=C(O)Cc1ccccc1OCc1ccc(Br)cn1. The number of nitrogens with zero attached hydrogens (tertiary/aromatic N) is 1. The zero-order valence-electron chi connectivity index (χ0n) is 10.0. The molecule has 0 bridgehead atoms. The molecule has 0 aliphatic rings. The third kappa shape index (κ3) is 4.06. The number of carbonyl (C=O) groups is 1. The van der Waals surface area contributed by atoms with E-state index in [0.717, 1.165) is 10.2 Å². The number of carboxylic acid groups (broad SMARTS) is 1. The molecular formula is C14H12BrNO3. The predicted octanol–water partition coefficient (Wildman–Crippen LogP) is 3.05. The summed E-state index contributed by atoms with van der Waals surface area (Å²) in [5.41, 5.74) is 1.44. The van der Waals surface area contributed by atoms with E-state index in [1.54, 1.807) is 24.4 Å². The van der Waals surface area contributed by atoms with E-state index < -0.39 is 5.97 Å². The van der Waals surface area contributed by atoms with Crippen molar-refractivity contribution in [1.82, 2.24) is 4.98 Å². The normalized spacial score (nSPS) is 10.2. The van der Waals surface area contributed by atoms with E-state index in [4.69, 9.17) is 9.84 Å². The van der Waals surface area contributed by atoms with Gasteiger partial charge in [-0.05, 0) is 34.1 Å². The maximum Gasteiger partial charge on any atom is 0.307 e. The number of aromatic nitrogens is 1. The first-order valence-corrected chi connectivity index (χ1v) is 6.47. The van der Waals surface area contributed by atoms with Gasteiger partial charge in [-0.15, -0.1) is 0 Å². The second-order valence-electron chi connectivity index (χ2n) is 3.93. The van der Waals surface area contributed by atoms with E-state index in [1.165, 1.54) is 0 Å². The van der Waals surface area contributed by atoms with Crippen molar-refractivity contribution >= 4 is 21.9 Å². The van der Waals surface area contributed by atoms with Crippen molar-refractivity contribution in [3.8, 4) is 5.75 Å². The fourth-order valence-corrected chi connectivity index (χ4v) is 1.83. The molecule has 1 heterocycles. The second kappa shape index (κ2) is 6.33. The smallest absolute Gasteiger partial charge is 0.307 e. The lowest BCUT2D eigenvalue weighted by Gasteiger charge is -2.09. The summed E-state index contributed by atoms with van der Waals surface area (Å²) in [5, 5.41) is 8.83. The molecule has 1 N–H and O–H groups in total. The Morgan fingerprint density at radius 2 is 2.05 bits per heavy atom. The minimum atomic E-state index is -0.877. The van der Waals surface area contributed by atoms with Gasteiger partial charge < -0.3 is 9.84 Å². The van der Waals surface area contributed by atoms with E-state index in [1.807, 2.05) is 18.2 Å². The fraction of sp³-hybridized carbons (Fsp3) is 0.143. The molecule has 0 aliphatic carbocycles. The zero-order valence-corrected chi connectivity index (χ0v) is 11.6. The maximum atomic E-state index is 10.8. The van der Waals surface area contributed by atoms with Crippen molar-refractivity contribution in [2.45, 2.75) is 13.0 Å². The van der Waals surface area contributed by atoms with Crippen LogP contribution in [0.5, 0.6) is 5.75 Å². The third-order valence-electron chi connectivity index (χ3n) is 2.48. The van der Waals surface area contributed by atoms with Crippen molar-refractivity contribution in [2.24, 2.45) is 0 Å². The van der Waals surface area contributed by atoms with Crippen LogP contribution >= 0.6 is 15.9 Å². The lowest BCUT2D eigenvalue weighted by atomic mass is 10.1. The first-order valence-electron chi connectivity index (χ1n) is 5.68. The lowest BCUT2D eigenvalue weighted by Crippen LogP contribution is -2.04. The monoisotopic (exact) mass is 321 g/mol. The highest BCUT2D eigenvalue weighted by molar-refractivity contribution is 9.10. The number of rotatable bonds is 5. The van der Waals surface area contributed by atoms with Crippen LogP contribution in [0.1, 0.15) is 11.3 Å². The van der Waals surface area contributed by atoms with Gasteiger partial charge in [0.15, 0.2) is 0 Å². The van der Waals surface area contributed by atoms with E-state index in [9.17, 15) is 4.79 Å². The van der Waals surface area contributed by atoms with E-state index >= 15 is 0 Å². The first-order chi connectivity index (χ1) is 9.15. The highest BCUT2D eigenvalue weighted by Gasteiger charge is 2.07. The van der Waals surface area contributed by atoms with Crippen molar-refractivity contribution < 1.29 is 14.6 Å². The molecule has 5 heteroatoms. The third-order valence-corrected chi connectivity index (χ3v) is 2.95. The number of hydrogen-bond acceptors (Lipinski definition) is 3. The number of halogens is 1. The topological polar surface area (TPSA) is 59.4 Å². The molecule has 0 spiro atoms. The number of ether oxygens (including phenoxy) is 1. The van der Waals surface area contributed by atoms with Crippen LogP contribution in [0.25, 0.3) is 0 Å². The number of pyridine rings is 1. The maximum absolute atomic E-state index is 10.8. The molecule has 98 valence electrons. The van der Waals surface area contributed by atoms with Gasteiger partial charge in [-0.25, -0.2) is 0 Å². The molecule has 0 radical (unpaired) electrons. The molecule has 0 aliphatic heterocycles. The number of hydrogen-bond donors (Lipinski definition) is 1. The molecule has 0 atom stereocenters. The quantitative estimate of drug-likeness (QED) is 0.919. The van der Waals surface area contributed by atoms with E-state index in [2.05, 4.69) is 20.9 Å². The van der Waals surface area contributed by atoms with Crippen LogP contribution in [-0.4, -0.2) is 16.1 Å². The molecule has 0 saturated heterocycles. The number of para-hydroxylation sites is 1. The van der Waals surface area contributed by atoms with Crippen LogP contribution in [0.15, 0.2) is 47.1 Å². The van der Waals surface area contributed by atoms with Gasteiger partial charge in [0.05, 0.1) is 12.1 Å². The molecule has 1 aromatic heterocycles. The molecule has 4 nitrogen and oxygen atoms in total. The summed E-state index contributed by atoms with van der Waals surface area (Å²) in [7, 11) is 0. The van der Waals surface area contributed by atoms with Crippen molar-refractivity contribution in [2.75, 3.05) is 0 Å². The lowest BCUT2D eigenvalue weighted by molar-refractivity contribution is -0.136. The van der Waals surface area contributed by atoms with Crippen LogP contribution in [-0.2, 0) is 17.8 Å². The van der Waals surface area contributed by atoms with Crippen LogP contribution in [0.4, 0.5) is 0 Å². The zero-order chi connectivity index (χ0) is 13.7. The van der Waals surface area contributed by atoms with Gasteiger partial charge in [0.1, 0.15) is 12.4 Å². The average molecular weight is 322 g/mol. The molecular weight excluding hydrogens is 310 g/mol. The Labute approximate surface area is 119 Å². The summed E-state index contributed by atoms with van der Waals surface area (Å²) in [6.45, 7) is 0.309. The van der Waals surface area contributed by atoms with Gasteiger partial charge in [-0.2, -0.15) is 0 Å². The predicted molar refractivity (Wildman–Crippen MR) is 74.1 cm³/mol. The van der Waals surface area contributed by atoms with Gasteiger partial charge in [0.2, 0.25) is 0 Å². The number of aliphatic carboxylic acids is 1. The van der Waals surface area contributed by atoms with Crippen LogP contribution in [0.3, 0.4) is 0 Å². The summed E-state index contributed by atoms with van der Waals surface area (Å²) in [4.78, 5) is 15.0. The van der Waals surface area contributed by atoms with Gasteiger partial charge in [-0.1, -0.05) is 18.2 Å². The van der Waals surface area contributed by atoms with E-state index in [-0.39, 0.29) is 6.42 Å². The van der Waals surface area contributed by atoms with Gasteiger partial charge >= 0.3 is 5.97 Å². The molecule has 1 aromatic carbocycles. The Morgan fingerprint density at radius 3 is 2.74 bits per heavy atom. The summed E-state index contributed by atoms with van der Waals surface area (Å²) in [6.07, 6.45) is 1.64. The summed E-state index contributed by atoms with van der Waals surface area (Å²) < 4.78 is 6.53. The van der Waals surface area contributed by atoms with Crippen molar-refractivity contribution in [3.05, 3.63) is 58.3 Å². The Balaban J connectivity index is 2.06. The second-order valence-corrected chi connectivity index (χ2v) is 4.85. The minimum Gasteiger partial charge on any atom is -0.487 e. The molecule has 0 fully saturated rings. The summed E-state index contributed by atoms with van der Waals surface area (Å²) >= 11 is 3.31. The Kier molecular flexibility index (Phi) is 4.52. The molecule has 0 unspecified atom stereocenters. The average Bonchev–Trinajstić information content (AvgIpc) is 2.39. The molecule has 2 aromatic rings. The van der Waals surface area contributed by atoms with Crippen molar-refractivity contribution in [3.63, 3.8) is 0 Å². The van der Waals surface area contributed by atoms with Crippen LogP contribution in [0, 0.1) is 0 Å². The fourth-order valence-electron chi connectivity index (χ4n) is 1.60. The standard InChI is InChI=1S/C14H12BrNO3/c15-11-5-6-12(16-8-11)9-19-13-4-2-1-3-10(13)7-14(17)18/h1-6,8H,7,9H2,(H,17,18). The first kappa shape index (κ1) is 13.5. The van der Waals surface area contributed by atoms with E-state index in [0.29, 0.717) is 17.9 Å². The number of carboxylic acids is 1. The van der Waals surface area contributed by atoms with Crippen molar-refractivity contribution in [1.29, 1.82) is 0 Å². The van der Waals surface area contributed by atoms with Crippen LogP contribution < -0.4 is 4.74 Å². The Bertz CT molecular complexity index is 569. The molecule has 2 rings (SSSR count). The van der Waals surface area contributed by atoms with Gasteiger partial charge in [-0.3, -0.25) is 9.78 Å². The van der Waals surface area contributed by atoms with Gasteiger partial charge in [0.25, 0.3) is 0 Å². The largest absolute Gasteiger partial charge is 0.487 e. The minimum absolute atomic E-state index is 0.0516. The van der Waals surface area contributed by atoms with Gasteiger partial charge in [0, 0.05) is 16.2 Å². The Hall–Kier alpha value is -1.88. The molecule has 0 amide bonds. The molecule has 0 saturated carbocycles. The molecule has 19 heavy (non-hydrogen) atoms.